The van der Waals surface area contributed by atoms with E-state index in [0.717, 1.165) is 0 Å². The van der Waals surface area contributed by atoms with Gasteiger partial charge in [-0.3, -0.25) is 4.52 Å². The molecule has 4 radical (unpaired) electrons. The highest BCUT2D eigenvalue weighted by molar-refractivity contribution is 7.50. The molecule has 2 heterocycles. The molecule has 2 aliphatic rings. The number of rotatable bonds is 8. The highest BCUT2D eigenvalue weighted by Crippen LogP contribution is 2.40. The maximum Gasteiger partial charge on any atom is 0.403 e. The van der Waals surface area contributed by atoms with E-state index in [9.17, 15) is 9.46 Å². The van der Waals surface area contributed by atoms with Gasteiger partial charge in [-0.2, -0.15) is 0 Å². The molecule has 2 fully saturated rings. The number of hydrogen-bond acceptors (Lipinski definition) is 6. The lowest BCUT2D eigenvalue weighted by atomic mass is 9.95. The first kappa shape index (κ1) is 19.4. The number of hydrogen-bond donors (Lipinski definition) is 2. The van der Waals surface area contributed by atoms with Gasteiger partial charge in [-0.1, -0.05) is 0 Å². The van der Waals surface area contributed by atoms with Gasteiger partial charge in [-0.05, 0) is 12.8 Å². The second-order valence-electron chi connectivity index (χ2n) is 5.68. The standard InChI is InChI=1S/C12H22B2NO7P/c1-18-5-9-7(3-11(13)21-9)15-23(16,17)20-6-10-8(19-2)4-12(14)22-10/h7-12H,3-6H2,1-2H3,(H2,15,16,17)/t7?,8?,9-,10-,11-,12-/m1/s1. The summed E-state index contributed by atoms with van der Waals surface area (Å²) in [7, 11) is 10.4. The van der Waals surface area contributed by atoms with Crippen molar-refractivity contribution in [2.24, 2.45) is 0 Å². The van der Waals surface area contributed by atoms with Gasteiger partial charge in [0, 0.05) is 32.3 Å². The van der Waals surface area contributed by atoms with Crippen LogP contribution in [0.3, 0.4) is 0 Å². The zero-order chi connectivity index (χ0) is 17.0. The average molecular weight is 345 g/mol. The summed E-state index contributed by atoms with van der Waals surface area (Å²) in [4.78, 5) is 9.99. The average Bonchev–Trinajstić information content (AvgIpc) is 2.99. The van der Waals surface area contributed by atoms with Crippen LogP contribution >= 0.6 is 7.75 Å². The van der Waals surface area contributed by atoms with E-state index >= 15 is 0 Å². The quantitative estimate of drug-likeness (QED) is 0.440. The summed E-state index contributed by atoms with van der Waals surface area (Å²) >= 11 is 0. The summed E-state index contributed by atoms with van der Waals surface area (Å²) in [6, 6.07) is -1.42. The van der Waals surface area contributed by atoms with E-state index in [0.29, 0.717) is 12.8 Å². The molecule has 128 valence electrons. The molecule has 2 rings (SSSR count). The maximum absolute atomic E-state index is 12.2. The topological polar surface area (TPSA) is 95.5 Å². The van der Waals surface area contributed by atoms with Gasteiger partial charge in [0.2, 0.25) is 0 Å². The molecule has 0 saturated carbocycles. The Labute approximate surface area is 138 Å². The predicted octanol–water partition coefficient (Wildman–Crippen LogP) is -0.710. The third-order valence-corrected chi connectivity index (χ3v) is 5.05. The first-order valence-electron chi connectivity index (χ1n) is 7.43. The van der Waals surface area contributed by atoms with Gasteiger partial charge in [-0.25, -0.2) is 9.65 Å². The fourth-order valence-electron chi connectivity index (χ4n) is 2.80. The minimum absolute atomic E-state index is 0.110. The summed E-state index contributed by atoms with van der Waals surface area (Å²) in [5.41, 5.74) is 0. The lowest BCUT2D eigenvalue weighted by Crippen LogP contribution is -2.38. The SMILES string of the molecule is [B][C@H]1CC(NP(=O)(O)OC[C@H]2O[C@@H]([B])CC2OC)[C@@H](COC)O1. The molecule has 23 heavy (non-hydrogen) atoms. The van der Waals surface area contributed by atoms with Crippen molar-refractivity contribution >= 4 is 23.4 Å². The minimum atomic E-state index is -4.06. The Morgan fingerprint density at radius 2 is 1.83 bits per heavy atom. The van der Waals surface area contributed by atoms with Crippen molar-refractivity contribution in [3.05, 3.63) is 0 Å². The van der Waals surface area contributed by atoms with Crippen molar-refractivity contribution in [2.45, 2.75) is 49.2 Å². The van der Waals surface area contributed by atoms with Gasteiger partial charge in [0.1, 0.15) is 21.8 Å². The lowest BCUT2D eigenvalue weighted by molar-refractivity contribution is -0.0178. The molecule has 0 bridgehead atoms. The van der Waals surface area contributed by atoms with Gasteiger partial charge < -0.3 is 23.8 Å². The fourth-order valence-corrected chi connectivity index (χ4v) is 3.91. The summed E-state index contributed by atoms with van der Waals surface area (Å²) in [6.07, 6.45) is -0.284. The van der Waals surface area contributed by atoms with Crippen LogP contribution in [0, 0.1) is 0 Å². The van der Waals surface area contributed by atoms with E-state index < -0.39 is 38.0 Å². The first-order valence-corrected chi connectivity index (χ1v) is 9.01. The summed E-state index contributed by atoms with van der Waals surface area (Å²) in [5.74, 6) is 0. The van der Waals surface area contributed by atoms with E-state index in [-0.39, 0.29) is 19.3 Å². The van der Waals surface area contributed by atoms with Crippen LogP contribution in [0.4, 0.5) is 0 Å². The van der Waals surface area contributed by atoms with Gasteiger partial charge in [0.05, 0.1) is 25.4 Å². The van der Waals surface area contributed by atoms with Gasteiger partial charge in [0.15, 0.2) is 0 Å². The van der Waals surface area contributed by atoms with Gasteiger partial charge in [0.25, 0.3) is 0 Å². The van der Waals surface area contributed by atoms with Gasteiger partial charge in [-0.15, -0.1) is 0 Å². The minimum Gasteiger partial charge on any atom is -0.382 e. The Kier molecular flexibility index (Phi) is 7.13. The Bertz CT molecular complexity index is 432. The molecule has 8 nitrogen and oxygen atoms in total. The Balaban J connectivity index is 1.85. The van der Waals surface area contributed by atoms with E-state index in [4.69, 9.17) is 39.2 Å². The monoisotopic (exact) mass is 345 g/mol. The zero-order valence-electron chi connectivity index (χ0n) is 13.3. The summed E-state index contributed by atoms with van der Waals surface area (Å²) in [5, 5.41) is 2.56. The van der Waals surface area contributed by atoms with Gasteiger partial charge >= 0.3 is 7.75 Å². The van der Waals surface area contributed by atoms with Crippen molar-refractivity contribution in [3.63, 3.8) is 0 Å². The lowest BCUT2D eigenvalue weighted by Gasteiger charge is -2.24. The second-order valence-corrected chi connectivity index (χ2v) is 7.24. The Morgan fingerprint density at radius 1 is 1.17 bits per heavy atom. The molecule has 2 aliphatic heterocycles. The third kappa shape index (κ3) is 5.54. The Hall–Kier alpha value is 0.0799. The maximum atomic E-state index is 12.2. The van der Waals surface area contributed by atoms with Crippen LogP contribution in [0.25, 0.3) is 0 Å². The first-order chi connectivity index (χ1) is 10.8. The number of methoxy groups -OCH3 is 2. The molecule has 11 heteroatoms. The fraction of sp³-hybridized carbons (Fsp3) is 1.00. The van der Waals surface area contributed by atoms with Crippen molar-refractivity contribution in [2.75, 3.05) is 27.4 Å². The molecular weight excluding hydrogens is 323 g/mol. The molecule has 0 aromatic heterocycles. The molecule has 0 amide bonds. The summed E-state index contributed by atoms with van der Waals surface area (Å²) in [6.45, 7) is 0.152. The highest BCUT2D eigenvalue weighted by Gasteiger charge is 2.39. The Morgan fingerprint density at radius 3 is 2.48 bits per heavy atom. The predicted molar refractivity (Wildman–Crippen MR) is 83.4 cm³/mol. The molecular formula is C12H22B2NO7P. The van der Waals surface area contributed by atoms with E-state index in [2.05, 4.69) is 5.09 Å². The van der Waals surface area contributed by atoms with Crippen LogP contribution in [0.2, 0.25) is 0 Å². The van der Waals surface area contributed by atoms with Crippen LogP contribution in [0.1, 0.15) is 12.8 Å². The molecule has 0 spiro atoms. The highest BCUT2D eigenvalue weighted by atomic mass is 31.2. The molecule has 3 unspecified atom stereocenters. The van der Waals surface area contributed by atoms with E-state index in [1.54, 1.807) is 0 Å². The second kappa shape index (κ2) is 8.45. The molecule has 2 saturated heterocycles. The van der Waals surface area contributed by atoms with Crippen LogP contribution in [0.5, 0.6) is 0 Å². The van der Waals surface area contributed by atoms with Crippen LogP contribution in [-0.4, -0.2) is 84.4 Å². The largest absolute Gasteiger partial charge is 0.403 e. The van der Waals surface area contributed by atoms with E-state index in [1.807, 2.05) is 0 Å². The molecule has 0 aromatic rings. The molecule has 2 N–H and O–H groups in total. The molecule has 7 atom stereocenters. The van der Waals surface area contributed by atoms with Crippen LogP contribution < -0.4 is 5.09 Å². The molecule has 0 aromatic carbocycles. The molecule has 0 aliphatic carbocycles. The zero-order valence-corrected chi connectivity index (χ0v) is 14.2. The van der Waals surface area contributed by atoms with Crippen molar-refractivity contribution in [1.29, 1.82) is 0 Å². The van der Waals surface area contributed by atoms with E-state index in [1.165, 1.54) is 14.2 Å². The van der Waals surface area contributed by atoms with Crippen molar-refractivity contribution < 1.29 is 32.9 Å². The number of ether oxygens (including phenoxy) is 4. The smallest absolute Gasteiger partial charge is 0.382 e. The van der Waals surface area contributed by atoms with Crippen molar-refractivity contribution in [1.82, 2.24) is 5.09 Å². The van der Waals surface area contributed by atoms with Crippen LogP contribution in [-0.2, 0) is 28.0 Å². The number of nitrogens with one attached hydrogen (secondary N) is 1. The third-order valence-electron chi connectivity index (χ3n) is 3.89. The summed E-state index contributed by atoms with van der Waals surface area (Å²) < 4.78 is 38.4. The van der Waals surface area contributed by atoms with Crippen molar-refractivity contribution in [3.8, 4) is 0 Å². The normalized spacial score (nSPS) is 40.3. The van der Waals surface area contributed by atoms with Crippen LogP contribution in [0.15, 0.2) is 0 Å².